The van der Waals surface area contributed by atoms with Gasteiger partial charge in [-0.1, -0.05) is 17.7 Å². The molecule has 0 amide bonds. The molecule has 4 atom stereocenters. The van der Waals surface area contributed by atoms with Gasteiger partial charge in [-0.05, 0) is 37.5 Å². The van der Waals surface area contributed by atoms with Gasteiger partial charge in [0.25, 0.3) is 0 Å². The van der Waals surface area contributed by atoms with Crippen LogP contribution in [-0.4, -0.2) is 37.3 Å². The number of fused-ring (bicyclic) bond motifs is 2. The highest BCUT2D eigenvalue weighted by atomic mass is 35.5. The minimum Gasteiger partial charge on any atom is -0.370 e. The summed E-state index contributed by atoms with van der Waals surface area (Å²) in [4.78, 5) is 0. The Morgan fingerprint density at radius 1 is 1.18 bits per heavy atom. The molecule has 22 heavy (non-hydrogen) atoms. The zero-order valence-electron chi connectivity index (χ0n) is 12.5. The van der Waals surface area contributed by atoms with Crippen LogP contribution >= 0.6 is 11.6 Å². The van der Waals surface area contributed by atoms with Crippen molar-refractivity contribution >= 4 is 11.6 Å². The molecule has 0 spiro atoms. The fourth-order valence-corrected chi connectivity index (χ4v) is 3.79. The molecule has 120 valence electrons. The minimum atomic E-state index is -0.625. The van der Waals surface area contributed by atoms with Crippen molar-refractivity contribution in [2.45, 2.75) is 50.5 Å². The maximum atomic E-state index is 14.3. The second kappa shape index (κ2) is 5.14. The zero-order chi connectivity index (χ0) is 15.5. The van der Waals surface area contributed by atoms with Gasteiger partial charge in [-0.2, -0.15) is 0 Å². The molecule has 0 bridgehead atoms. The van der Waals surface area contributed by atoms with Gasteiger partial charge >= 0.3 is 0 Å². The molecule has 6 heteroatoms. The summed E-state index contributed by atoms with van der Waals surface area (Å²) in [6.45, 7) is 4.68. The third kappa shape index (κ3) is 2.27. The molecule has 1 aromatic rings. The van der Waals surface area contributed by atoms with E-state index in [9.17, 15) is 4.39 Å². The standard InChI is InChI=1S/C16H18ClFO4/c1-16(2)21-11-7-20-15(14(11)22-16)13-9-3-4-10(17)12(18)8(9)5-6-19-13/h3-4,11,13-15H,5-7H2,1-2H3. The van der Waals surface area contributed by atoms with Crippen LogP contribution in [-0.2, 0) is 25.4 Å². The van der Waals surface area contributed by atoms with Crippen LogP contribution < -0.4 is 0 Å². The van der Waals surface area contributed by atoms with Gasteiger partial charge in [0, 0.05) is 0 Å². The van der Waals surface area contributed by atoms with Crippen molar-refractivity contribution < 1.29 is 23.3 Å². The van der Waals surface area contributed by atoms with E-state index in [1.54, 1.807) is 6.07 Å². The Hall–Kier alpha value is -0.720. The molecule has 4 rings (SSSR count). The molecule has 3 aliphatic heterocycles. The maximum Gasteiger partial charge on any atom is 0.164 e. The highest BCUT2D eigenvalue weighted by Gasteiger charge is 2.53. The minimum absolute atomic E-state index is 0.105. The molecule has 1 aromatic carbocycles. The van der Waals surface area contributed by atoms with E-state index >= 15 is 0 Å². The van der Waals surface area contributed by atoms with E-state index in [2.05, 4.69) is 0 Å². The normalized spacial score (nSPS) is 36.2. The van der Waals surface area contributed by atoms with E-state index in [-0.39, 0.29) is 35.3 Å². The number of hydrogen-bond donors (Lipinski definition) is 0. The van der Waals surface area contributed by atoms with Crippen molar-refractivity contribution in [1.82, 2.24) is 0 Å². The molecule has 4 unspecified atom stereocenters. The van der Waals surface area contributed by atoms with E-state index in [1.165, 1.54) is 0 Å². The Labute approximate surface area is 133 Å². The predicted octanol–water partition coefficient (Wildman–Crippen LogP) is 3.01. The SMILES string of the molecule is CC1(C)OC2COC(C3OCCc4c3ccc(Cl)c4F)C2O1. The molecule has 4 nitrogen and oxygen atoms in total. The van der Waals surface area contributed by atoms with Gasteiger partial charge in [0.2, 0.25) is 0 Å². The quantitative estimate of drug-likeness (QED) is 0.794. The Balaban J connectivity index is 1.67. The average Bonchev–Trinajstić information content (AvgIpc) is 2.97. The van der Waals surface area contributed by atoms with Crippen LogP contribution in [0.25, 0.3) is 0 Å². The van der Waals surface area contributed by atoms with Gasteiger partial charge in [0.1, 0.15) is 30.2 Å². The summed E-state index contributed by atoms with van der Waals surface area (Å²) < 4.78 is 37.8. The van der Waals surface area contributed by atoms with E-state index in [1.807, 2.05) is 19.9 Å². The third-order valence-corrected chi connectivity index (χ3v) is 4.78. The Bertz CT molecular complexity index is 606. The van der Waals surface area contributed by atoms with E-state index in [0.717, 1.165) is 5.56 Å². The molecule has 2 fully saturated rings. The van der Waals surface area contributed by atoms with Crippen molar-refractivity contribution in [3.8, 4) is 0 Å². The number of halogens is 2. The zero-order valence-corrected chi connectivity index (χ0v) is 13.2. The maximum absolute atomic E-state index is 14.3. The summed E-state index contributed by atoms with van der Waals surface area (Å²) in [6, 6.07) is 3.39. The van der Waals surface area contributed by atoms with Crippen LogP contribution in [0.5, 0.6) is 0 Å². The van der Waals surface area contributed by atoms with Crippen LogP contribution in [0.2, 0.25) is 5.02 Å². The molecular formula is C16H18ClFO4. The van der Waals surface area contributed by atoms with Crippen LogP contribution in [0.4, 0.5) is 4.39 Å². The van der Waals surface area contributed by atoms with Gasteiger partial charge in [-0.25, -0.2) is 4.39 Å². The van der Waals surface area contributed by atoms with Crippen LogP contribution in [0.15, 0.2) is 12.1 Å². The summed E-state index contributed by atoms with van der Waals surface area (Å²) in [7, 11) is 0. The number of rotatable bonds is 1. The molecule has 3 heterocycles. The number of ether oxygens (including phenoxy) is 4. The van der Waals surface area contributed by atoms with Gasteiger partial charge in [-0.15, -0.1) is 0 Å². The molecule has 0 radical (unpaired) electrons. The first-order valence-corrected chi connectivity index (χ1v) is 7.90. The highest BCUT2D eigenvalue weighted by molar-refractivity contribution is 6.30. The van der Waals surface area contributed by atoms with E-state index in [0.29, 0.717) is 25.2 Å². The molecule has 0 N–H and O–H groups in total. The molecular weight excluding hydrogens is 311 g/mol. The van der Waals surface area contributed by atoms with E-state index in [4.69, 9.17) is 30.5 Å². The summed E-state index contributed by atoms with van der Waals surface area (Å²) in [5.41, 5.74) is 1.42. The molecule has 0 aromatic heterocycles. The fourth-order valence-electron chi connectivity index (χ4n) is 3.61. The first-order valence-electron chi connectivity index (χ1n) is 7.52. The smallest absolute Gasteiger partial charge is 0.164 e. The van der Waals surface area contributed by atoms with Gasteiger partial charge in [-0.3, -0.25) is 0 Å². The van der Waals surface area contributed by atoms with Crippen LogP contribution in [0.3, 0.4) is 0 Å². The molecule has 0 aliphatic carbocycles. The summed E-state index contributed by atoms with van der Waals surface area (Å²) in [5, 5.41) is 0.145. The topological polar surface area (TPSA) is 36.9 Å². The Morgan fingerprint density at radius 2 is 2.00 bits per heavy atom. The van der Waals surface area contributed by atoms with Gasteiger partial charge in [0.05, 0.1) is 18.2 Å². The van der Waals surface area contributed by atoms with Crippen molar-refractivity contribution in [1.29, 1.82) is 0 Å². The van der Waals surface area contributed by atoms with Gasteiger partial charge < -0.3 is 18.9 Å². The number of hydrogen-bond acceptors (Lipinski definition) is 4. The third-order valence-electron chi connectivity index (χ3n) is 4.48. The highest BCUT2D eigenvalue weighted by Crippen LogP contribution is 2.43. The second-order valence-corrected chi connectivity index (χ2v) is 6.81. The van der Waals surface area contributed by atoms with Crippen LogP contribution in [0.1, 0.15) is 31.1 Å². The van der Waals surface area contributed by atoms with Crippen molar-refractivity contribution in [2.24, 2.45) is 0 Å². The first-order chi connectivity index (χ1) is 10.5. The van der Waals surface area contributed by atoms with Crippen molar-refractivity contribution in [3.05, 3.63) is 34.1 Å². The van der Waals surface area contributed by atoms with E-state index < -0.39 is 5.79 Å². The van der Waals surface area contributed by atoms with Crippen molar-refractivity contribution in [2.75, 3.05) is 13.2 Å². The van der Waals surface area contributed by atoms with Gasteiger partial charge in [0.15, 0.2) is 5.79 Å². The monoisotopic (exact) mass is 328 g/mol. The lowest BCUT2D eigenvalue weighted by Crippen LogP contribution is -2.37. The lowest BCUT2D eigenvalue weighted by molar-refractivity contribution is -0.189. The number of benzene rings is 1. The Morgan fingerprint density at radius 3 is 2.82 bits per heavy atom. The molecule has 3 aliphatic rings. The first kappa shape index (κ1) is 14.8. The lowest BCUT2D eigenvalue weighted by atomic mass is 9.91. The summed E-state index contributed by atoms with van der Waals surface area (Å²) in [5.74, 6) is -0.981. The largest absolute Gasteiger partial charge is 0.370 e. The summed E-state index contributed by atoms with van der Waals surface area (Å²) >= 11 is 5.89. The van der Waals surface area contributed by atoms with Crippen LogP contribution in [0, 0.1) is 5.82 Å². The Kier molecular flexibility index (Phi) is 3.47. The predicted molar refractivity (Wildman–Crippen MR) is 77.4 cm³/mol. The average molecular weight is 329 g/mol. The second-order valence-electron chi connectivity index (χ2n) is 6.41. The van der Waals surface area contributed by atoms with Crippen molar-refractivity contribution in [3.63, 3.8) is 0 Å². The molecule has 2 saturated heterocycles. The lowest BCUT2D eigenvalue weighted by Gasteiger charge is -2.33. The summed E-state index contributed by atoms with van der Waals surface area (Å²) in [6.07, 6.45) is -0.452. The molecule has 0 saturated carbocycles. The fraction of sp³-hybridized carbons (Fsp3) is 0.625.